The first-order valence-corrected chi connectivity index (χ1v) is 6.79. The van der Waals surface area contributed by atoms with E-state index in [1.807, 2.05) is 12.1 Å². The van der Waals surface area contributed by atoms with Crippen LogP contribution in [0.4, 0.5) is 0 Å². The lowest BCUT2D eigenvalue weighted by Crippen LogP contribution is -2.31. The molecule has 1 saturated carbocycles. The largest absolute Gasteiger partial charge is 0.366 e. The van der Waals surface area contributed by atoms with Crippen molar-refractivity contribution in [2.75, 3.05) is 0 Å². The Morgan fingerprint density at radius 1 is 1.33 bits per heavy atom. The molecular formula is C15H22N2O. The molecule has 1 unspecified atom stereocenters. The number of primary amides is 1. The number of rotatable bonds is 5. The molecule has 3 nitrogen and oxygen atoms in total. The number of nitrogens with one attached hydrogen (secondary N) is 1. The summed E-state index contributed by atoms with van der Waals surface area (Å²) in [6.45, 7) is 3.13. The van der Waals surface area contributed by atoms with Gasteiger partial charge in [-0.15, -0.1) is 0 Å². The van der Waals surface area contributed by atoms with Crippen LogP contribution in [0.2, 0.25) is 0 Å². The third-order valence-corrected chi connectivity index (χ3v) is 3.97. The number of nitrogens with two attached hydrogens (primary N) is 1. The Labute approximate surface area is 109 Å². The second-order valence-corrected chi connectivity index (χ2v) is 5.28. The highest BCUT2D eigenvalue weighted by molar-refractivity contribution is 5.92. The van der Waals surface area contributed by atoms with Gasteiger partial charge >= 0.3 is 0 Å². The molecule has 0 saturated heterocycles. The van der Waals surface area contributed by atoms with Crippen LogP contribution in [0.25, 0.3) is 0 Å². The van der Waals surface area contributed by atoms with Crippen LogP contribution in [-0.2, 0) is 6.54 Å². The Hall–Kier alpha value is -1.35. The molecule has 1 atom stereocenters. The van der Waals surface area contributed by atoms with E-state index in [1.165, 1.54) is 31.2 Å². The smallest absolute Gasteiger partial charge is 0.248 e. The number of hydrogen-bond acceptors (Lipinski definition) is 2. The predicted octanol–water partition coefficient (Wildman–Crippen LogP) is 2.45. The fourth-order valence-corrected chi connectivity index (χ4v) is 2.69. The quantitative estimate of drug-likeness (QED) is 0.838. The fourth-order valence-electron chi connectivity index (χ4n) is 2.69. The predicted molar refractivity (Wildman–Crippen MR) is 73.2 cm³/mol. The van der Waals surface area contributed by atoms with Crippen molar-refractivity contribution in [1.82, 2.24) is 5.32 Å². The summed E-state index contributed by atoms with van der Waals surface area (Å²) in [7, 11) is 0. The third-order valence-electron chi connectivity index (χ3n) is 3.97. The molecule has 1 aliphatic rings. The van der Waals surface area contributed by atoms with E-state index in [0.29, 0.717) is 11.6 Å². The summed E-state index contributed by atoms with van der Waals surface area (Å²) in [5.74, 6) is 0.462. The molecule has 3 N–H and O–H groups in total. The van der Waals surface area contributed by atoms with E-state index in [0.717, 1.165) is 12.5 Å². The molecule has 0 heterocycles. The SMILES string of the molecule is CC(NCc1ccc(C(N)=O)cc1)C1CCCC1. The van der Waals surface area contributed by atoms with Gasteiger partial charge in [0.1, 0.15) is 0 Å². The van der Waals surface area contributed by atoms with Gasteiger partial charge < -0.3 is 11.1 Å². The van der Waals surface area contributed by atoms with E-state index >= 15 is 0 Å². The van der Waals surface area contributed by atoms with E-state index in [1.54, 1.807) is 12.1 Å². The van der Waals surface area contributed by atoms with E-state index in [2.05, 4.69) is 12.2 Å². The highest BCUT2D eigenvalue weighted by Gasteiger charge is 2.20. The zero-order valence-corrected chi connectivity index (χ0v) is 11.0. The molecule has 98 valence electrons. The van der Waals surface area contributed by atoms with Crippen molar-refractivity contribution in [2.24, 2.45) is 11.7 Å². The van der Waals surface area contributed by atoms with Crippen LogP contribution in [0.1, 0.15) is 48.5 Å². The molecule has 3 heteroatoms. The minimum Gasteiger partial charge on any atom is -0.366 e. The molecule has 0 spiro atoms. The minimum atomic E-state index is -0.367. The van der Waals surface area contributed by atoms with Gasteiger partial charge in [-0.1, -0.05) is 25.0 Å². The summed E-state index contributed by atoms with van der Waals surface area (Å²) >= 11 is 0. The van der Waals surface area contributed by atoms with Crippen LogP contribution in [0.3, 0.4) is 0 Å². The fraction of sp³-hybridized carbons (Fsp3) is 0.533. The molecule has 1 fully saturated rings. The Balaban J connectivity index is 1.84. The van der Waals surface area contributed by atoms with Crippen LogP contribution in [-0.4, -0.2) is 11.9 Å². The van der Waals surface area contributed by atoms with Gasteiger partial charge in [-0.05, 0) is 43.4 Å². The molecule has 18 heavy (non-hydrogen) atoms. The zero-order valence-electron chi connectivity index (χ0n) is 11.0. The van der Waals surface area contributed by atoms with E-state index in [4.69, 9.17) is 5.73 Å². The van der Waals surface area contributed by atoms with Crippen LogP contribution in [0.15, 0.2) is 24.3 Å². The van der Waals surface area contributed by atoms with Gasteiger partial charge in [0.25, 0.3) is 0 Å². The lowest BCUT2D eigenvalue weighted by molar-refractivity contribution is 0.100. The molecule has 1 aromatic rings. The van der Waals surface area contributed by atoms with E-state index in [-0.39, 0.29) is 5.91 Å². The van der Waals surface area contributed by atoms with Gasteiger partial charge in [0.2, 0.25) is 5.91 Å². The van der Waals surface area contributed by atoms with Crippen molar-refractivity contribution in [2.45, 2.75) is 45.2 Å². The first kappa shape index (κ1) is 13.1. The van der Waals surface area contributed by atoms with Crippen molar-refractivity contribution in [3.05, 3.63) is 35.4 Å². The Bertz CT molecular complexity index is 393. The number of carbonyl (C=O) groups excluding carboxylic acids is 1. The Morgan fingerprint density at radius 2 is 1.94 bits per heavy atom. The Morgan fingerprint density at radius 3 is 2.50 bits per heavy atom. The normalized spacial score (nSPS) is 17.8. The molecule has 0 bridgehead atoms. The van der Waals surface area contributed by atoms with Crippen LogP contribution in [0.5, 0.6) is 0 Å². The van der Waals surface area contributed by atoms with Crippen LogP contribution in [0, 0.1) is 5.92 Å². The second-order valence-electron chi connectivity index (χ2n) is 5.28. The number of benzene rings is 1. The lowest BCUT2D eigenvalue weighted by atomic mass is 9.99. The van der Waals surface area contributed by atoms with Gasteiger partial charge in [0, 0.05) is 18.2 Å². The maximum Gasteiger partial charge on any atom is 0.248 e. The first-order valence-electron chi connectivity index (χ1n) is 6.79. The summed E-state index contributed by atoms with van der Waals surface area (Å²) in [5.41, 5.74) is 6.98. The van der Waals surface area contributed by atoms with E-state index in [9.17, 15) is 4.79 Å². The van der Waals surface area contributed by atoms with Crippen LogP contribution < -0.4 is 11.1 Å². The average Bonchev–Trinajstić information content (AvgIpc) is 2.90. The van der Waals surface area contributed by atoms with Crippen molar-refractivity contribution in [3.63, 3.8) is 0 Å². The molecule has 1 aliphatic carbocycles. The molecule has 2 rings (SSSR count). The van der Waals surface area contributed by atoms with Crippen molar-refractivity contribution in [1.29, 1.82) is 0 Å². The van der Waals surface area contributed by atoms with Gasteiger partial charge in [-0.2, -0.15) is 0 Å². The molecular weight excluding hydrogens is 224 g/mol. The topological polar surface area (TPSA) is 55.1 Å². The average molecular weight is 246 g/mol. The maximum absolute atomic E-state index is 11.0. The van der Waals surface area contributed by atoms with Gasteiger partial charge in [0.05, 0.1) is 0 Å². The Kier molecular flexibility index (Phi) is 4.37. The van der Waals surface area contributed by atoms with Crippen molar-refractivity contribution >= 4 is 5.91 Å². The first-order chi connectivity index (χ1) is 8.66. The summed E-state index contributed by atoms with van der Waals surface area (Å²) in [6, 6.07) is 8.09. The second kappa shape index (κ2) is 6.01. The lowest BCUT2D eigenvalue weighted by Gasteiger charge is -2.20. The summed E-state index contributed by atoms with van der Waals surface area (Å²) in [4.78, 5) is 11.0. The highest BCUT2D eigenvalue weighted by atomic mass is 16.1. The van der Waals surface area contributed by atoms with Gasteiger partial charge in [-0.3, -0.25) is 4.79 Å². The highest BCUT2D eigenvalue weighted by Crippen LogP contribution is 2.27. The molecule has 1 amide bonds. The molecule has 1 aromatic carbocycles. The zero-order chi connectivity index (χ0) is 13.0. The number of carbonyl (C=O) groups is 1. The monoisotopic (exact) mass is 246 g/mol. The summed E-state index contributed by atoms with van der Waals surface area (Å²) in [6.07, 6.45) is 5.47. The minimum absolute atomic E-state index is 0.367. The third kappa shape index (κ3) is 3.33. The van der Waals surface area contributed by atoms with Gasteiger partial charge in [-0.25, -0.2) is 0 Å². The molecule has 0 radical (unpaired) electrons. The molecule has 0 aromatic heterocycles. The number of amides is 1. The van der Waals surface area contributed by atoms with Crippen molar-refractivity contribution in [3.8, 4) is 0 Å². The summed E-state index contributed by atoms with van der Waals surface area (Å²) in [5, 5.41) is 3.57. The van der Waals surface area contributed by atoms with Crippen LogP contribution >= 0.6 is 0 Å². The van der Waals surface area contributed by atoms with Gasteiger partial charge in [0.15, 0.2) is 0 Å². The maximum atomic E-state index is 11.0. The standard InChI is InChI=1S/C15H22N2O/c1-11(13-4-2-3-5-13)17-10-12-6-8-14(9-7-12)15(16)18/h6-9,11,13,17H,2-5,10H2,1H3,(H2,16,18). The summed E-state index contributed by atoms with van der Waals surface area (Å²) < 4.78 is 0. The number of hydrogen-bond donors (Lipinski definition) is 2. The molecule has 0 aliphatic heterocycles. The van der Waals surface area contributed by atoms with E-state index < -0.39 is 0 Å². The van der Waals surface area contributed by atoms with Crippen molar-refractivity contribution < 1.29 is 4.79 Å².